The van der Waals surface area contributed by atoms with E-state index in [9.17, 15) is 9.59 Å². The van der Waals surface area contributed by atoms with Gasteiger partial charge in [-0.2, -0.15) is 0 Å². The van der Waals surface area contributed by atoms with Crippen molar-refractivity contribution < 1.29 is 14.7 Å². The number of rotatable bonds is 2. The Labute approximate surface area is 104 Å². The molecule has 1 aromatic rings. The lowest BCUT2D eigenvalue weighted by atomic mass is 10.2. The molecule has 0 spiro atoms. The second kappa shape index (κ2) is 4.99. The first-order valence-electron chi connectivity index (χ1n) is 5.66. The number of aryl methyl sites for hydroxylation is 1. The SMILES string of the molecule is Cc1nc(N2CCNC(=O)CC2)ncc1C(=O)O. The molecule has 0 aliphatic carbocycles. The summed E-state index contributed by atoms with van der Waals surface area (Å²) in [6.07, 6.45) is 1.70. The summed E-state index contributed by atoms with van der Waals surface area (Å²) >= 11 is 0. The van der Waals surface area contributed by atoms with Gasteiger partial charge in [-0.3, -0.25) is 4.79 Å². The fourth-order valence-corrected chi connectivity index (χ4v) is 1.78. The van der Waals surface area contributed by atoms with Crippen molar-refractivity contribution >= 4 is 17.8 Å². The van der Waals surface area contributed by atoms with E-state index in [4.69, 9.17) is 5.11 Å². The number of carbonyl (C=O) groups is 2. The molecule has 2 rings (SSSR count). The Morgan fingerprint density at radius 2 is 2.28 bits per heavy atom. The third-order valence-corrected chi connectivity index (χ3v) is 2.79. The first kappa shape index (κ1) is 12.3. The fourth-order valence-electron chi connectivity index (χ4n) is 1.78. The summed E-state index contributed by atoms with van der Waals surface area (Å²) in [5, 5.41) is 11.7. The Morgan fingerprint density at radius 3 is 2.94 bits per heavy atom. The molecule has 1 amide bonds. The predicted molar refractivity (Wildman–Crippen MR) is 63.6 cm³/mol. The second-order valence-electron chi connectivity index (χ2n) is 4.06. The number of nitrogens with zero attached hydrogens (tertiary/aromatic N) is 3. The van der Waals surface area contributed by atoms with E-state index in [1.54, 1.807) is 6.92 Å². The lowest BCUT2D eigenvalue weighted by Gasteiger charge is -2.19. The Kier molecular flexibility index (Phi) is 3.40. The van der Waals surface area contributed by atoms with Crippen LogP contribution in [0, 0.1) is 6.92 Å². The third kappa shape index (κ3) is 2.55. The highest BCUT2D eigenvalue weighted by molar-refractivity contribution is 5.88. The van der Waals surface area contributed by atoms with Crippen molar-refractivity contribution in [3.8, 4) is 0 Å². The molecule has 2 N–H and O–H groups in total. The quantitative estimate of drug-likeness (QED) is 0.755. The summed E-state index contributed by atoms with van der Waals surface area (Å²) in [6.45, 7) is 3.34. The van der Waals surface area contributed by atoms with Gasteiger partial charge in [-0.1, -0.05) is 0 Å². The van der Waals surface area contributed by atoms with E-state index >= 15 is 0 Å². The van der Waals surface area contributed by atoms with Crippen molar-refractivity contribution in [3.63, 3.8) is 0 Å². The smallest absolute Gasteiger partial charge is 0.339 e. The van der Waals surface area contributed by atoms with Crippen LogP contribution in [-0.2, 0) is 4.79 Å². The number of hydrogen-bond donors (Lipinski definition) is 2. The molecule has 7 heteroatoms. The van der Waals surface area contributed by atoms with Gasteiger partial charge in [0, 0.05) is 32.3 Å². The highest BCUT2D eigenvalue weighted by Crippen LogP contribution is 2.12. The molecular formula is C11H14N4O3. The van der Waals surface area contributed by atoms with E-state index in [0.29, 0.717) is 37.7 Å². The summed E-state index contributed by atoms with van der Waals surface area (Å²) < 4.78 is 0. The largest absolute Gasteiger partial charge is 0.478 e. The summed E-state index contributed by atoms with van der Waals surface area (Å²) in [6, 6.07) is 0. The lowest BCUT2D eigenvalue weighted by Crippen LogP contribution is -2.30. The Balaban J connectivity index is 2.20. The Morgan fingerprint density at radius 1 is 1.50 bits per heavy atom. The number of amides is 1. The molecule has 96 valence electrons. The van der Waals surface area contributed by atoms with Crippen molar-refractivity contribution in [1.29, 1.82) is 0 Å². The molecule has 1 aromatic heterocycles. The summed E-state index contributed by atoms with van der Waals surface area (Å²) in [5.74, 6) is -0.558. The van der Waals surface area contributed by atoms with Gasteiger partial charge < -0.3 is 15.3 Å². The highest BCUT2D eigenvalue weighted by atomic mass is 16.4. The number of hydrogen-bond acceptors (Lipinski definition) is 5. The molecule has 0 aromatic carbocycles. The topological polar surface area (TPSA) is 95.4 Å². The van der Waals surface area contributed by atoms with Crippen LogP contribution in [0.4, 0.5) is 5.95 Å². The predicted octanol–water partition coefficient (Wildman–Crippen LogP) is -0.190. The molecule has 1 aliphatic rings. The van der Waals surface area contributed by atoms with Crippen LogP contribution in [0.1, 0.15) is 22.5 Å². The molecule has 7 nitrogen and oxygen atoms in total. The molecular weight excluding hydrogens is 236 g/mol. The van der Waals surface area contributed by atoms with Crippen molar-refractivity contribution in [2.24, 2.45) is 0 Å². The van der Waals surface area contributed by atoms with Crippen LogP contribution in [0.2, 0.25) is 0 Å². The van der Waals surface area contributed by atoms with E-state index in [-0.39, 0.29) is 11.5 Å². The van der Waals surface area contributed by atoms with E-state index in [1.807, 2.05) is 4.90 Å². The maximum absolute atomic E-state index is 11.2. The van der Waals surface area contributed by atoms with Gasteiger partial charge in [0.1, 0.15) is 0 Å². The third-order valence-electron chi connectivity index (χ3n) is 2.79. The van der Waals surface area contributed by atoms with Crippen molar-refractivity contribution in [2.75, 3.05) is 24.5 Å². The van der Waals surface area contributed by atoms with Gasteiger partial charge >= 0.3 is 5.97 Å². The van der Waals surface area contributed by atoms with Crippen LogP contribution in [-0.4, -0.2) is 46.6 Å². The maximum atomic E-state index is 11.2. The number of carboxylic acid groups (broad SMARTS) is 1. The molecule has 0 atom stereocenters. The number of carbonyl (C=O) groups excluding carboxylic acids is 1. The van der Waals surface area contributed by atoms with Crippen molar-refractivity contribution in [1.82, 2.24) is 15.3 Å². The monoisotopic (exact) mass is 250 g/mol. The van der Waals surface area contributed by atoms with Crippen LogP contribution >= 0.6 is 0 Å². The van der Waals surface area contributed by atoms with E-state index in [2.05, 4.69) is 15.3 Å². The minimum atomic E-state index is -1.04. The zero-order valence-electron chi connectivity index (χ0n) is 10.0. The standard InChI is InChI=1S/C11H14N4O3/c1-7-8(10(17)18)6-13-11(14-7)15-4-2-9(16)12-3-5-15/h6H,2-5H2,1H3,(H,12,16)(H,17,18). The van der Waals surface area contributed by atoms with Gasteiger partial charge in [0.15, 0.2) is 0 Å². The zero-order valence-corrected chi connectivity index (χ0v) is 10.0. The highest BCUT2D eigenvalue weighted by Gasteiger charge is 2.17. The first-order valence-corrected chi connectivity index (χ1v) is 5.66. The van der Waals surface area contributed by atoms with Gasteiger partial charge in [0.2, 0.25) is 11.9 Å². The van der Waals surface area contributed by atoms with E-state index < -0.39 is 5.97 Å². The molecule has 2 heterocycles. The van der Waals surface area contributed by atoms with Crippen LogP contribution < -0.4 is 10.2 Å². The minimum absolute atomic E-state index is 0.0105. The van der Waals surface area contributed by atoms with E-state index in [0.717, 1.165) is 0 Å². The molecule has 1 aliphatic heterocycles. The number of nitrogens with one attached hydrogen (secondary N) is 1. The molecule has 0 radical (unpaired) electrons. The molecule has 0 bridgehead atoms. The summed E-state index contributed by atoms with van der Waals surface area (Å²) in [5.41, 5.74) is 0.527. The van der Waals surface area contributed by atoms with Crippen LogP contribution in [0.3, 0.4) is 0 Å². The van der Waals surface area contributed by atoms with Gasteiger partial charge in [0.05, 0.1) is 11.3 Å². The van der Waals surface area contributed by atoms with Crippen LogP contribution in [0.5, 0.6) is 0 Å². The van der Waals surface area contributed by atoms with Crippen molar-refractivity contribution in [2.45, 2.75) is 13.3 Å². The van der Waals surface area contributed by atoms with Gasteiger partial charge in [-0.25, -0.2) is 14.8 Å². The average molecular weight is 250 g/mol. The molecule has 0 saturated carbocycles. The summed E-state index contributed by atoms with van der Waals surface area (Å²) in [4.78, 5) is 32.2. The zero-order chi connectivity index (χ0) is 13.1. The molecule has 18 heavy (non-hydrogen) atoms. The van der Waals surface area contributed by atoms with Crippen molar-refractivity contribution in [3.05, 3.63) is 17.5 Å². The van der Waals surface area contributed by atoms with Gasteiger partial charge in [-0.15, -0.1) is 0 Å². The van der Waals surface area contributed by atoms with Crippen LogP contribution in [0.15, 0.2) is 6.20 Å². The molecule has 1 fully saturated rings. The second-order valence-corrected chi connectivity index (χ2v) is 4.06. The first-order chi connectivity index (χ1) is 8.58. The molecule has 0 unspecified atom stereocenters. The number of aromatic carboxylic acids is 1. The number of carboxylic acids is 1. The Bertz CT molecular complexity index is 489. The number of aromatic nitrogens is 2. The van der Waals surface area contributed by atoms with E-state index in [1.165, 1.54) is 6.20 Å². The van der Waals surface area contributed by atoms with Crippen LogP contribution in [0.25, 0.3) is 0 Å². The normalized spacial score (nSPS) is 16.1. The fraction of sp³-hybridized carbons (Fsp3) is 0.455. The lowest BCUT2D eigenvalue weighted by molar-refractivity contribution is -0.120. The average Bonchev–Trinajstić information content (AvgIpc) is 2.53. The summed E-state index contributed by atoms with van der Waals surface area (Å²) in [7, 11) is 0. The minimum Gasteiger partial charge on any atom is -0.478 e. The maximum Gasteiger partial charge on any atom is 0.339 e. The Hall–Kier alpha value is -2.18. The van der Waals surface area contributed by atoms with Gasteiger partial charge in [0.25, 0.3) is 0 Å². The van der Waals surface area contributed by atoms with Gasteiger partial charge in [-0.05, 0) is 6.92 Å². The molecule has 1 saturated heterocycles. The number of anilines is 1.